The van der Waals surface area contributed by atoms with Gasteiger partial charge in [0.25, 0.3) is 5.56 Å². The van der Waals surface area contributed by atoms with Gasteiger partial charge in [-0.1, -0.05) is 11.8 Å². The second kappa shape index (κ2) is 7.81. The average molecular weight is 408 g/mol. The molecule has 0 aliphatic rings. The third kappa shape index (κ3) is 3.77. The van der Waals surface area contributed by atoms with E-state index in [-0.39, 0.29) is 23.5 Å². The van der Waals surface area contributed by atoms with Crippen molar-refractivity contribution in [3.8, 4) is 0 Å². The molecular formula is C17H21N5O3S2. The first-order valence-electron chi connectivity index (χ1n) is 8.60. The van der Waals surface area contributed by atoms with Crippen LogP contribution in [0.25, 0.3) is 10.2 Å². The summed E-state index contributed by atoms with van der Waals surface area (Å²) >= 11 is 2.66. The van der Waals surface area contributed by atoms with Crippen molar-refractivity contribution in [2.24, 2.45) is 0 Å². The summed E-state index contributed by atoms with van der Waals surface area (Å²) in [5.41, 5.74) is 0.352. The Bertz CT molecular complexity index is 1040. The van der Waals surface area contributed by atoms with Gasteiger partial charge in [-0.3, -0.25) is 4.79 Å². The summed E-state index contributed by atoms with van der Waals surface area (Å²) in [7, 11) is 0. The number of carbonyl (C=O) groups is 1. The van der Waals surface area contributed by atoms with Crippen LogP contribution in [0.3, 0.4) is 0 Å². The molecule has 0 aliphatic carbocycles. The van der Waals surface area contributed by atoms with Gasteiger partial charge in [0.15, 0.2) is 5.16 Å². The van der Waals surface area contributed by atoms with Gasteiger partial charge < -0.3 is 14.3 Å². The van der Waals surface area contributed by atoms with Crippen LogP contribution < -0.4 is 5.56 Å². The van der Waals surface area contributed by atoms with Gasteiger partial charge in [0.05, 0.1) is 17.2 Å². The Kier molecular flexibility index (Phi) is 5.66. The van der Waals surface area contributed by atoms with E-state index in [1.807, 2.05) is 11.5 Å². The zero-order valence-corrected chi connectivity index (χ0v) is 17.4. The van der Waals surface area contributed by atoms with Crippen LogP contribution in [0.2, 0.25) is 0 Å². The Labute approximate surface area is 164 Å². The Morgan fingerprint density at radius 1 is 1.41 bits per heavy atom. The lowest BCUT2D eigenvalue weighted by Gasteiger charge is -2.13. The topological polar surface area (TPSA) is 103 Å². The van der Waals surface area contributed by atoms with Crippen molar-refractivity contribution in [1.29, 1.82) is 0 Å². The van der Waals surface area contributed by atoms with Gasteiger partial charge >= 0.3 is 5.97 Å². The molecule has 0 radical (unpaired) electrons. The van der Waals surface area contributed by atoms with Gasteiger partial charge in [-0.25, -0.2) is 9.78 Å². The number of nitrogens with one attached hydrogen (secondary N) is 1. The van der Waals surface area contributed by atoms with Crippen LogP contribution in [0.5, 0.6) is 0 Å². The molecule has 10 heteroatoms. The highest BCUT2D eigenvalue weighted by Crippen LogP contribution is 2.34. The minimum absolute atomic E-state index is 0.141. The van der Waals surface area contributed by atoms with Gasteiger partial charge in [0.1, 0.15) is 21.9 Å². The van der Waals surface area contributed by atoms with Gasteiger partial charge in [-0.15, -0.1) is 21.5 Å². The molecule has 3 heterocycles. The molecule has 1 unspecified atom stereocenters. The number of aryl methyl sites for hydroxylation is 1. The van der Waals surface area contributed by atoms with Crippen LogP contribution in [0.15, 0.2) is 16.3 Å². The van der Waals surface area contributed by atoms with E-state index in [1.165, 1.54) is 23.1 Å². The summed E-state index contributed by atoms with van der Waals surface area (Å²) in [4.78, 5) is 33.1. The summed E-state index contributed by atoms with van der Waals surface area (Å²) in [6.07, 6.45) is 1.69. The zero-order chi connectivity index (χ0) is 19.7. The maximum Gasteiger partial charge on any atom is 0.348 e. The first-order valence-corrected chi connectivity index (χ1v) is 10.3. The largest absolute Gasteiger partial charge is 0.462 e. The quantitative estimate of drug-likeness (QED) is 0.493. The number of aromatic nitrogens is 5. The molecule has 0 aliphatic heterocycles. The number of ether oxygens (including phenoxy) is 1. The van der Waals surface area contributed by atoms with Gasteiger partial charge in [-0.05, 0) is 40.2 Å². The Morgan fingerprint density at radius 3 is 2.81 bits per heavy atom. The molecule has 3 aromatic rings. The molecule has 0 spiro atoms. The van der Waals surface area contributed by atoms with Crippen LogP contribution in [0, 0.1) is 6.92 Å². The number of aromatic amines is 1. The minimum Gasteiger partial charge on any atom is -0.462 e. The molecule has 27 heavy (non-hydrogen) atoms. The normalized spacial score (nSPS) is 12.7. The van der Waals surface area contributed by atoms with Crippen molar-refractivity contribution in [3.05, 3.63) is 32.9 Å². The molecule has 0 fully saturated rings. The van der Waals surface area contributed by atoms with E-state index < -0.39 is 5.97 Å². The fourth-order valence-electron chi connectivity index (χ4n) is 2.63. The summed E-state index contributed by atoms with van der Waals surface area (Å²) in [5.74, 6) is 0.110. The van der Waals surface area contributed by atoms with Crippen molar-refractivity contribution in [2.75, 3.05) is 6.61 Å². The molecule has 8 nitrogen and oxygen atoms in total. The maximum atomic E-state index is 12.6. The molecule has 0 amide bonds. The summed E-state index contributed by atoms with van der Waals surface area (Å²) in [6, 6.07) is 0.233. The van der Waals surface area contributed by atoms with Crippen LogP contribution in [0.4, 0.5) is 0 Å². The third-order valence-electron chi connectivity index (χ3n) is 4.04. The number of thioether (sulfide) groups is 1. The van der Waals surface area contributed by atoms with Crippen LogP contribution in [-0.4, -0.2) is 37.3 Å². The molecular weight excluding hydrogens is 386 g/mol. The first-order chi connectivity index (χ1) is 12.8. The highest BCUT2D eigenvalue weighted by atomic mass is 32.2. The predicted molar refractivity (Wildman–Crippen MR) is 106 cm³/mol. The number of nitrogens with zero attached hydrogens (tertiary/aromatic N) is 4. The van der Waals surface area contributed by atoms with E-state index in [9.17, 15) is 9.59 Å². The number of hydrogen-bond acceptors (Lipinski definition) is 8. The fourth-order valence-corrected chi connectivity index (χ4v) is 4.72. The van der Waals surface area contributed by atoms with E-state index in [1.54, 1.807) is 20.2 Å². The van der Waals surface area contributed by atoms with E-state index in [4.69, 9.17) is 4.74 Å². The molecule has 144 valence electrons. The number of carbonyl (C=O) groups excluding carboxylic acids is 1. The molecule has 3 rings (SSSR count). The summed E-state index contributed by atoms with van der Waals surface area (Å²) in [5, 5.41) is 9.16. The molecule has 1 atom stereocenters. The van der Waals surface area contributed by atoms with Crippen LogP contribution >= 0.6 is 23.1 Å². The van der Waals surface area contributed by atoms with E-state index in [2.05, 4.69) is 34.0 Å². The second-order valence-electron chi connectivity index (χ2n) is 6.28. The van der Waals surface area contributed by atoms with Gasteiger partial charge in [0.2, 0.25) is 0 Å². The lowest BCUT2D eigenvalue weighted by atomic mass is 10.2. The van der Waals surface area contributed by atoms with Crippen LogP contribution in [0.1, 0.15) is 60.0 Å². The smallest absolute Gasteiger partial charge is 0.348 e. The van der Waals surface area contributed by atoms with Gasteiger partial charge in [-0.2, -0.15) is 0 Å². The Morgan fingerprint density at radius 2 is 2.15 bits per heavy atom. The van der Waals surface area contributed by atoms with Crippen molar-refractivity contribution in [3.63, 3.8) is 0 Å². The molecule has 0 saturated carbocycles. The second-order valence-corrected chi connectivity index (χ2v) is 8.59. The zero-order valence-electron chi connectivity index (χ0n) is 15.8. The lowest BCUT2D eigenvalue weighted by molar-refractivity contribution is 0.0531. The van der Waals surface area contributed by atoms with Crippen molar-refractivity contribution >= 4 is 39.3 Å². The molecule has 0 saturated heterocycles. The standard InChI is InChI=1S/C17H21N5O3S2/c1-6-25-16(24)12-9(4)11-14(23)19-13(20-15(11)27-12)10(5)26-17-21-18-7-22(17)8(2)3/h7-8,10H,6H2,1-5H3,(H,19,20,23). The number of thiophene rings is 1. The Hall–Kier alpha value is -2.20. The number of H-pyrrole nitrogens is 1. The van der Waals surface area contributed by atoms with Crippen molar-refractivity contribution in [2.45, 2.75) is 51.1 Å². The number of esters is 1. The maximum absolute atomic E-state index is 12.6. The van der Waals surface area contributed by atoms with E-state index in [0.717, 1.165) is 5.16 Å². The van der Waals surface area contributed by atoms with Crippen molar-refractivity contribution in [1.82, 2.24) is 24.7 Å². The SMILES string of the molecule is CCOC(=O)c1sc2nc(C(C)Sc3nncn3C(C)C)[nH]c(=O)c2c1C. The van der Waals surface area contributed by atoms with E-state index in [0.29, 0.717) is 26.5 Å². The monoisotopic (exact) mass is 407 g/mol. The molecule has 0 aromatic carbocycles. The van der Waals surface area contributed by atoms with Crippen LogP contribution in [-0.2, 0) is 4.74 Å². The van der Waals surface area contributed by atoms with Gasteiger partial charge in [0, 0.05) is 6.04 Å². The lowest BCUT2D eigenvalue weighted by Crippen LogP contribution is -2.13. The molecule has 0 bridgehead atoms. The molecule has 1 N–H and O–H groups in total. The fraction of sp³-hybridized carbons (Fsp3) is 0.471. The van der Waals surface area contributed by atoms with E-state index >= 15 is 0 Å². The number of hydrogen-bond donors (Lipinski definition) is 1. The average Bonchev–Trinajstić information content (AvgIpc) is 3.19. The highest BCUT2D eigenvalue weighted by molar-refractivity contribution is 7.99. The third-order valence-corrected chi connectivity index (χ3v) is 6.29. The number of fused-ring (bicyclic) bond motifs is 1. The van der Waals surface area contributed by atoms with Crippen molar-refractivity contribution < 1.29 is 9.53 Å². The molecule has 3 aromatic heterocycles. The Balaban J connectivity index is 1.97. The highest BCUT2D eigenvalue weighted by Gasteiger charge is 2.22. The summed E-state index contributed by atoms with van der Waals surface area (Å²) < 4.78 is 7.04. The predicted octanol–water partition coefficient (Wildman–Crippen LogP) is 3.50. The minimum atomic E-state index is -0.425. The first kappa shape index (κ1) is 19.6. The summed E-state index contributed by atoms with van der Waals surface area (Å²) in [6.45, 7) is 9.82. The number of rotatable bonds is 6.